The molecule has 0 atom stereocenters. The van der Waals surface area contributed by atoms with Crippen LogP contribution in [-0.4, -0.2) is 27.5 Å². The predicted molar refractivity (Wildman–Crippen MR) is 71.6 cm³/mol. The Hall–Kier alpha value is -2.69. The highest BCUT2D eigenvalue weighted by Crippen LogP contribution is 2.27. The number of hydrogen-bond acceptors (Lipinski definition) is 4. The smallest absolute Gasteiger partial charge is 0.212 e. The maximum Gasteiger partial charge on any atom is 0.212 e. The Morgan fingerprint density at radius 3 is 2.26 bits per heavy atom. The maximum absolute atomic E-state index is 5.05. The maximum atomic E-state index is 5.05. The van der Waals surface area contributed by atoms with E-state index in [1.807, 2.05) is 36.4 Å². The summed E-state index contributed by atoms with van der Waals surface area (Å²) < 4.78 is 5.05. The van der Waals surface area contributed by atoms with E-state index >= 15 is 0 Å². The largest absolute Gasteiger partial charge is 0.481 e. The molecule has 0 aliphatic rings. The van der Waals surface area contributed by atoms with Crippen LogP contribution < -0.4 is 4.74 Å². The minimum atomic E-state index is 0.577. The summed E-state index contributed by atoms with van der Waals surface area (Å²) >= 11 is 0. The van der Waals surface area contributed by atoms with E-state index in [4.69, 9.17) is 4.74 Å². The monoisotopic (exact) mass is 252 g/mol. The Morgan fingerprint density at radius 2 is 1.63 bits per heavy atom. The zero-order valence-corrected chi connectivity index (χ0v) is 10.4. The molecule has 0 saturated heterocycles. The van der Waals surface area contributed by atoms with Crippen molar-refractivity contribution in [1.82, 2.24) is 20.4 Å². The highest BCUT2D eigenvalue weighted by molar-refractivity contribution is 5.76. The van der Waals surface area contributed by atoms with Gasteiger partial charge in [-0.1, -0.05) is 30.3 Å². The van der Waals surface area contributed by atoms with Gasteiger partial charge >= 0.3 is 0 Å². The van der Waals surface area contributed by atoms with Crippen LogP contribution in [0.15, 0.2) is 48.7 Å². The quantitative estimate of drug-likeness (QED) is 0.778. The molecule has 1 N–H and O–H groups in total. The highest BCUT2D eigenvalue weighted by atomic mass is 16.5. The van der Waals surface area contributed by atoms with Crippen molar-refractivity contribution in [3.63, 3.8) is 0 Å². The van der Waals surface area contributed by atoms with Crippen LogP contribution in [0.1, 0.15) is 0 Å². The van der Waals surface area contributed by atoms with E-state index in [-0.39, 0.29) is 0 Å². The Kier molecular flexibility index (Phi) is 2.94. The molecule has 0 aliphatic carbocycles. The zero-order chi connectivity index (χ0) is 13.1. The first-order valence-electron chi connectivity index (χ1n) is 5.85. The lowest BCUT2D eigenvalue weighted by atomic mass is 10.1. The number of pyridine rings is 1. The average Bonchev–Trinajstić information content (AvgIpc) is 2.98. The molecule has 2 aromatic heterocycles. The van der Waals surface area contributed by atoms with Crippen LogP contribution in [0.2, 0.25) is 0 Å². The molecule has 0 radical (unpaired) electrons. The number of nitrogens with one attached hydrogen (secondary N) is 1. The molecule has 0 fully saturated rings. The van der Waals surface area contributed by atoms with Crippen molar-refractivity contribution < 1.29 is 4.74 Å². The third kappa shape index (κ3) is 2.18. The van der Waals surface area contributed by atoms with E-state index in [0.29, 0.717) is 5.88 Å². The summed E-state index contributed by atoms with van der Waals surface area (Å²) in [5.41, 5.74) is 3.50. The molecule has 0 saturated carbocycles. The van der Waals surface area contributed by atoms with Crippen LogP contribution in [0.3, 0.4) is 0 Å². The molecule has 2 heterocycles. The number of aromatic nitrogens is 4. The first-order chi connectivity index (χ1) is 9.38. The Bertz CT molecular complexity index is 661. The summed E-state index contributed by atoms with van der Waals surface area (Å²) in [5.74, 6) is 0.577. The van der Waals surface area contributed by atoms with Gasteiger partial charge in [0, 0.05) is 23.4 Å². The summed E-state index contributed by atoms with van der Waals surface area (Å²) in [5, 5.41) is 11.1. The third-order valence-corrected chi connectivity index (χ3v) is 2.81. The molecule has 1 aromatic carbocycles. The number of aromatic amines is 1. The summed E-state index contributed by atoms with van der Waals surface area (Å²) in [4.78, 5) is 4.18. The number of methoxy groups -OCH3 is 1. The highest BCUT2D eigenvalue weighted by Gasteiger charge is 2.12. The van der Waals surface area contributed by atoms with Crippen LogP contribution in [0.4, 0.5) is 0 Å². The van der Waals surface area contributed by atoms with Crippen LogP contribution in [0, 0.1) is 0 Å². The van der Waals surface area contributed by atoms with Gasteiger partial charge in [0.2, 0.25) is 5.88 Å². The van der Waals surface area contributed by atoms with E-state index < -0.39 is 0 Å². The first-order valence-corrected chi connectivity index (χ1v) is 5.85. The summed E-state index contributed by atoms with van der Waals surface area (Å²) in [7, 11) is 1.59. The van der Waals surface area contributed by atoms with Gasteiger partial charge in [0.25, 0.3) is 0 Å². The number of nitrogens with zero attached hydrogens (tertiary/aromatic N) is 3. The van der Waals surface area contributed by atoms with Crippen molar-refractivity contribution in [3.8, 4) is 28.4 Å². The molecule has 19 heavy (non-hydrogen) atoms. The van der Waals surface area contributed by atoms with Crippen molar-refractivity contribution in [1.29, 1.82) is 0 Å². The number of rotatable bonds is 3. The summed E-state index contributed by atoms with van der Waals surface area (Å²) in [6.45, 7) is 0. The molecule has 0 aliphatic heterocycles. The van der Waals surface area contributed by atoms with Crippen LogP contribution >= 0.6 is 0 Å². The van der Waals surface area contributed by atoms with Gasteiger partial charge in [0.15, 0.2) is 0 Å². The van der Waals surface area contributed by atoms with Gasteiger partial charge in [-0.05, 0) is 6.07 Å². The van der Waals surface area contributed by atoms with E-state index in [0.717, 1.165) is 22.5 Å². The molecule has 0 unspecified atom stereocenters. The van der Waals surface area contributed by atoms with E-state index in [9.17, 15) is 0 Å². The minimum absolute atomic E-state index is 0.577. The van der Waals surface area contributed by atoms with Gasteiger partial charge in [-0.3, -0.25) is 0 Å². The number of hydrogen-bond donors (Lipinski definition) is 1. The molecular weight excluding hydrogens is 240 g/mol. The SMILES string of the molecule is COc1ccc(-c2n[nH]nc2-c2ccccc2)cn1. The number of ether oxygens (including phenoxy) is 1. The first kappa shape index (κ1) is 11.4. The fourth-order valence-electron chi connectivity index (χ4n) is 1.87. The van der Waals surface area contributed by atoms with Gasteiger partial charge in [-0.15, -0.1) is 0 Å². The van der Waals surface area contributed by atoms with Crippen LogP contribution in [0.5, 0.6) is 5.88 Å². The lowest BCUT2D eigenvalue weighted by molar-refractivity contribution is 0.398. The van der Waals surface area contributed by atoms with Gasteiger partial charge in [-0.25, -0.2) is 4.98 Å². The normalized spacial score (nSPS) is 10.4. The van der Waals surface area contributed by atoms with Crippen molar-refractivity contribution in [2.45, 2.75) is 0 Å². The molecule has 0 spiro atoms. The standard InChI is InChI=1S/C14H12N4O/c1-19-12-8-7-11(9-15-12)14-13(16-18-17-14)10-5-3-2-4-6-10/h2-9H,1H3,(H,16,17,18). The molecule has 3 rings (SSSR count). The molecule has 94 valence electrons. The average molecular weight is 252 g/mol. The summed E-state index contributed by atoms with van der Waals surface area (Å²) in [6.07, 6.45) is 1.73. The van der Waals surface area contributed by atoms with Crippen molar-refractivity contribution in [2.75, 3.05) is 7.11 Å². The predicted octanol–water partition coefficient (Wildman–Crippen LogP) is 2.54. The van der Waals surface area contributed by atoms with Gasteiger partial charge in [0.1, 0.15) is 11.4 Å². The second-order valence-corrected chi connectivity index (χ2v) is 3.98. The Labute approximate surface area is 110 Å². The topological polar surface area (TPSA) is 63.7 Å². The molecule has 0 bridgehead atoms. The van der Waals surface area contributed by atoms with Crippen molar-refractivity contribution in [2.24, 2.45) is 0 Å². The van der Waals surface area contributed by atoms with Crippen LogP contribution in [0.25, 0.3) is 22.5 Å². The third-order valence-electron chi connectivity index (χ3n) is 2.81. The van der Waals surface area contributed by atoms with Crippen molar-refractivity contribution in [3.05, 3.63) is 48.7 Å². The molecule has 3 aromatic rings. The van der Waals surface area contributed by atoms with Crippen molar-refractivity contribution >= 4 is 0 Å². The Balaban J connectivity index is 2.04. The fourth-order valence-corrected chi connectivity index (χ4v) is 1.87. The molecule has 5 heteroatoms. The van der Waals surface area contributed by atoms with Gasteiger partial charge < -0.3 is 4.74 Å². The fraction of sp³-hybridized carbons (Fsp3) is 0.0714. The zero-order valence-electron chi connectivity index (χ0n) is 10.4. The van der Waals surface area contributed by atoms with E-state index in [1.54, 1.807) is 19.4 Å². The van der Waals surface area contributed by atoms with Crippen LogP contribution in [-0.2, 0) is 0 Å². The molecule has 5 nitrogen and oxygen atoms in total. The van der Waals surface area contributed by atoms with E-state index in [1.165, 1.54) is 0 Å². The second kappa shape index (κ2) is 4.89. The minimum Gasteiger partial charge on any atom is -0.481 e. The lowest BCUT2D eigenvalue weighted by Crippen LogP contribution is -1.88. The number of benzene rings is 1. The van der Waals surface area contributed by atoms with E-state index in [2.05, 4.69) is 20.4 Å². The molecule has 0 amide bonds. The lowest BCUT2D eigenvalue weighted by Gasteiger charge is -2.02. The summed E-state index contributed by atoms with van der Waals surface area (Å²) in [6, 6.07) is 13.6. The molecular formula is C14H12N4O. The van der Waals surface area contributed by atoms with Gasteiger partial charge in [0.05, 0.1) is 7.11 Å². The second-order valence-electron chi connectivity index (χ2n) is 3.98. The van der Waals surface area contributed by atoms with Gasteiger partial charge in [-0.2, -0.15) is 15.4 Å². The number of H-pyrrole nitrogens is 1. The Morgan fingerprint density at radius 1 is 0.895 bits per heavy atom.